The van der Waals surface area contributed by atoms with E-state index >= 15 is 0 Å². The van der Waals surface area contributed by atoms with Gasteiger partial charge in [-0.25, -0.2) is 0 Å². The molecule has 1 aliphatic heterocycles. The van der Waals surface area contributed by atoms with Gasteiger partial charge in [0.15, 0.2) is 6.10 Å². The molecule has 1 aliphatic rings. The molecule has 1 fully saturated rings. The molecule has 3 rings (SSSR count). The lowest BCUT2D eigenvalue weighted by molar-refractivity contribution is -0.154. The Morgan fingerprint density at radius 2 is 1.94 bits per heavy atom. The zero-order chi connectivity index (χ0) is 24.8. The minimum atomic E-state index is -3.02. The number of aryl methyl sites for hydroxylation is 1. The van der Waals surface area contributed by atoms with Gasteiger partial charge in [0.2, 0.25) is 5.91 Å². The van der Waals surface area contributed by atoms with Crippen LogP contribution in [0.4, 0.5) is 8.78 Å². The van der Waals surface area contributed by atoms with E-state index in [0.717, 1.165) is 16.8 Å². The molecule has 34 heavy (non-hydrogen) atoms. The summed E-state index contributed by atoms with van der Waals surface area (Å²) in [5.74, 6) is -1.15. The molecule has 1 saturated heterocycles. The number of oxime groups is 1. The van der Waals surface area contributed by atoms with Gasteiger partial charge in [-0.2, -0.15) is 8.78 Å². The number of nitrogens with zero attached hydrogens (tertiary/aromatic N) is 2. The summed E-state index contributed by atoms with van der Waals surface area (Å²) in [6.45, 7) is 1.02. The number of rotatable bonds is 9. The van der Waals surface area contributed by atoms with Crippen molar-refractivity contribution in [2.45, 2.75) is 45.6 Å². The number of ether oxygens (including phenoxy) is 1. The Hall–Kier alpha value is -3.53. The second-order valence-electron chi connectivity index (χ2n) is 7.97. The zero-order valence-electron chi connectivity index (χ0n) is 19.1. The topological polar surface area (TPSA) is 100 Å². The maximum absolute atomic E-state index is 12.8. The third-order valence-corrected chi connectivity index (χ3v) is 5.52. The first-order valence-corrected chi connectivity index (χ1v) is 10.7. The fourth-order valence-electron chi connectivity index (χ4n) is 3.69. The van der Waals surface area contributed by atoms with E-state index in [4.69, 9.17) is 4.84 Å². The van der Waals surface area contributed by atoms with Crippen molar-refractivity contribution in [1.82, 2.24) is 10.2 Å². The molecule has 0 saturated carbocycles. The van der Waals surface area contributed by atoms with Crippen LogP contribution in [-0.4, -0.2) is 53.8 Å². The molecule has 0 aliphatic carbocycles. The van der Waals surface area contributed by atoms with Crippen LogP contribution in [0, 0.1) is 6.92 Å². The van der Waals surface area contributed by atoms with Crippen molar-refractivity contribution in [1.29, 1.82) is 0 Å². The normalized spacial score (nSPS) is 16.6. The Labute approximate surface area is 196 Å². The first kappa shape index (κ1) is 25.1. The Bertz CT molecular complexity index is 1060. The first-order chi connectivity index (χ1) is 16.2. The number of halogens is 2. The third-order valence-electron chi connectivity index (χ3n) is 5.52. The number of carbonyl (C=O) groups excluding carboxylic acids is 2. The van der Waals surface area contributed by atoms with E-state index in [1.807, 2.05) is 31.2 Å². The predicted molar refractivity (Wildman–Crippen MR) is 120 cm³/mol. The fourth-order valence-corrected chi connectivity index (χ4v) is 3.69. The second-order valence-corrected chi connectivity index (χ2v) is 7.97. The first-order valence-electron chi connectivity index (χ1n) is 10.7. The predicted octanol–water partition coefficient (Wildman–Crippen LogP) is 2.92. The minimum absolute atomic E-state index is 0.124. The number of carbonyl (C=O) groups is 2. The highest BCUT2D eigenvalue weighted by Crippen LogP contribution is 2.28. The number of hydrogen-bond donors (Lipinski definition) is 2. The molecule has 2 atom stereocenters. The van der Waals surface area contributed by atoms with Crippen LogP contribution in [-0.2, 0) is 21.0 Å². The molecule has 8 nitrogen and oxygen atoms in total. The molecule has 0 aromatic heterocycles. The Morgan fingerprint density at radius 1 is 1.24 bits per heavy atom. The fraction of sp³-hybridized carbons (Fsp3) is 0.375. The van der Waals surface area contributed by atoms with Crippen LogP contribution in [0.15, 0.2) is 47.6 Å². The number of hydrogen-bond acceptors (Lipinski definition) is 6. The molecule has 0 radical (unpaired) electrons. The third kappa shape index (κ3) is 6.07. The van der Waals surface area contributed by atoms with Gasteiger partial charge in [-0.1, -0.05) is 35.5 Å². The molecule has 1 heterocycles. The average Bonchev–Trinajstić information content (AvgIpc) is 2.76. The van der Waals surface area contributed by atoms with Crippen molar-refractivity contribution in [2.24, 2.45) is 5.16 Å². The highest BCUT2D eigenvalue weighted by Gasteiger charge is 2.40. The van der Waals surface area contributed by atoms with E-state index in [9.17, 15) is 23.5 Å². The summed E-state index contributed by atoms with van der Waals surface area (Å²) >= 11 is 0. The number of alkyl halides is 2. The molecule has 2 N–H and O–H groups in total. The van der Waals surface area contributed by atoms with Crippen molar-refractivity contribution in [3.05, 3.63) is 64.7 Å². The SMILES string of the molecule is CO/N=C(\C)c1ccc(CNC(=O)[C@@H]2CCN2C(=O)[C@H](O)c2cc(C)cc(OC(F)F)c2)cc1. The van der Waals surface area contributed by atoms with E-state index in [1.54, 1.807) is 6.92 Å². The van der Waals surface area contributed by atoms with Crippen LogP contribution in [0.1, 0.15) is 41.7 Å². The van der Waals surface area contributed by atoms with Crippen LogP contribution in [0.25, 0.3) is 0 Å². The number of likely N-dealkylation sites (tertiary alicyclic amines) is 1. The quantitative estimate of drug-likeness (QED) is 0.429. The summed E-state index contributed by atoms with van der Waals surface area (Å²) in [5.41, 5.74) is 3.15. The summed E-state index contributed by atoms with van der Waals surface area (Å²) in [6, 6.07) is 10.8. The largest absolute Gasteiger partial charge is 0.435 e. The van der Waals surface area contributed by atoms with E-state index in [-0.39, 0.29) is 23.8 Å². The maximum atomic E-state index is 12.8. The number of nitrogens with one attached hydrogen (secondary N) is 1. The monoisotopic (exact) mass is 475 g/mol. The summed E-state index contributed by atoms with van der Waals surface area (Å²) < 4.78 is 29.5. The summed E-state index contributed by atoms with van der Waals surface area (Å²) in [6.07, 6.45) is -1.14. The molecular formula is C24H27F2N3O5. The number of aliphatic hydroxyl groups excluding tert-OH is 1. The van der Waals surface area contributed by atoms with Crippen molar-refractivity contribution < 1.29 is 33.1 Å². The van der Waals surface area contributed by atoms with E-state index in [1.165, 1.54) is 30.2 Å². The molecule has 0 spiro atoms. The summed E-state index contributed by atoms with van der Waals surface area (Å²) in [5, 5.41) is 17.2. The van der Waals surface area contributed by atoms with Gasteiger partial charge in [0.05, 0.1) is 5.71 Å². The lowest BCUT2D eigenvalue weighted by atomic mass is 9.98. The van der Waals surface area contributed by atoms with Crippen LogP contribution < -0.4 is 10.1 Å². The van der Waals surface area contributed by atoms with E-state index in [2.05, 4.69) is 15.2 Å². The number of amides is 2. The van der Waals surface area contributed by atoms with Crippen LogP contribution >= 0.6 is 0 Å². The Kier molecular flexibility index (Phi) is 8.17. The van der Waals surface area contributed by atoms with Gasteiger partial charge in [0.1, 0.15) is 18.9 Å². The van der Waals surface area contributed by atoms with Gasteiger partial charge in [0, 0.05) is 13.1 Å². The molecule has 0 bridgehead atoms. The van der Waals surface area contributed by atoms with Crippen molar-refractivity contribution in [3.8, 4) is 5.75 Å². The highest BCUT2D eigenvalue weighted by molar-refractivity contribution is 5.98. The number of aliphatic hydroxyl groups is 1. The van der Waals surface area contributed by atoms with Crippen LogP contribution in [0.3, 0.4) is 0 Å². The molecule has 10 heteroatoms. The minimum Gasteiger partial charge on any atom is -0.435 e. The molecule has 0 unspecified atom stereocenters. The Balaban J connectivity index is 1.59. The molecule has 2 aromatic carbocycles. The van der Waals surface area contributed by atoms with Gasteiger partial charge < -0.3 is 24.9 Å². The second kappa shape index (κ2) is 11.1. The maximum Gasteiger partial charge on any atom is 0.387 e. The number of benzene rings is 2. The van der Waals surface area contributed by atoms with Crippen LogP contribution in [0.2, 0.25) is 0 Å². The van der Waals surface area contributed by atoms with E-state index in [0.29, 0.717) is 18.5 Å². The van der Waals surface area contributed by atoms with Gasteiger partial charge in [-0.05, 0) is 54.7 Å². The molecule has 182 valence electrons. The smallest absolute Gasteiger partial charge is 0.387 e. The summed E-state index contributed by atoms with van der Waals surface area (Å²) in [4.78, 5) is 31.5. The molecule has 2 amide bonds. The standard InChI is InChI=1S/C24H27F2N3O5/c1-14-10-18(12-19(11-14)34-24(25)26)21(30)23(32)29-9-8-20(29)22(31)27-13-16-4-6-17(7-5-16)15(2)28-33-3/h4-7,10-12,20-21,24,30H,8-9,13H2,1-3H3,(H,27,31)/b28-15+/t20-,21+/m0/s1. The molecule has 2 aromatic rings. The molecular weight excluding hydrogens is 448 g/mol. The van der Waals surface area contributed by atoms with Gasteiger partial charge in [-0.15, -0.1) is 0 Å². The summed E-state index contributed by atoms with van der Waals surface area (Å²) in [7, 11) is 1.47. The van der Waals surface area contributed by atoms with Gasteiger partial charge >= 0.3 is 6.61 Å². The lowest BCUT2D eigenvalue weighted by Gasteiger charge is -2.40. The zero-order valence-corrected chi connectivity index (χ0v) is 19.1. The van der Waals surface area contributed by atoms with Crippen molar-refractivity contribution >= 4 is 17.5 Å². The highest BCUT2D eigenvalue weighted by atomic mass is 19.3. The van der Waals surface area contributed by atoms with Gasteiger partial charge in [-0.3, -0.25) is 9.59 Å². The average molecular weight is 475 g/mol. The van der Waals surface area contributed by atoms with Crippen LogP contribution in [0.5, 0.6) is 5.75 Å². The van der Waals surface area contributed by atoms with Crippen molar-refractivity contribution in [3.63, 3.8) is 0 Å². The van der Waals surface area contributed by atoms with Gasteiger partial charge in [0.25, 0.3) is 5.91 Å². The lowest BCUT2D eigenvalue weighted by Crippen LogP contribution is -2.59. The Morgan fingerprint density at radius 3 is 2.53 bits per heavy atom. The van der Waals surface area contributed by atoms with Crippen molar-refractivity contribution in [2.75, 3.05) is 13.7 Å². The van der Waals surface area contributed by atoms with E-state index < -0.39 is 24.7 Å².